The van der Waals surface area contributed by atoms with Crippen LogP contribution in [0.1, 0.15) is 47.4 Å². The standard InChI is InChI=1S/C24H27ClN2O/c1-4-19(3)27(24(28)21-12-10-18(2)11-13-21)17-23-9-6-14-26(23)16-20-7-5-8-22(25)15-20/h5-15,19H,4,16-17H2,1-3H3. The lowest BCUT2D eigenvalue weighted by atomic mass is 10.1. The molecule has 1 atom stereocenters. The highest BCUT2D eigenvalue weighted by molar-refractivity contribution is 6.30. The maximum atomic E-state index is 13.2. The summed E-state index contributed by atoms with van der Waals surface area (Å²) >= 11 is 6.13. The van der Waals surface area contributed by atoms with Crippen LogP contribution in [0.4, 0.5) is 0 Å². The molecule has 0 radical (unpaired) electrons. The van der Waals surface area contributed by atoms with Crippen LogP contribution in [-0.4, -0.2) is 21.4 Å². The smallest absolute Gasteiger partial charge is 0.254 e. The van der Waals surface area contributed by atoms with Gasteiger partial charge in [-0.15, -0.1) is 0 Å². The zero-order valence-corrected chi connectivity index (χ0v) is 17.5. The highest BCUT2D eigenvalue weighted by Gasteiger charge is 2.22. The second kappa shape index (κ2) is 9.11. The summed E-state index contributed by atoms with van der Waals surface area (Å²) in [6, 6.07) is 20.0. The SMILES string of the molecule is CCC(C)N(Cc1cccn1Cc1cccc(Cl)c1)C(=O)c1ccc(C)cc1. The van der Waals surface area contributed by atoms with Crippen molar-refractivity contribution in [3.63, 3.8) is 0 Å². The van der Waals surface area contributed by atoms with Crippen LogP contribution < -0.4 is 0 Å². The van der Waals surface area contributed by atoms with E-state index in [4.69, 9.17) is 11.6 Å². The van der Waals surface area contributed by atoms with E-state index in [0.717, 1.165) is 40.4 Å². The van der Waals surface area contributed by atoms with E-state index < -0.39 is 0 Å². The van der Waals surface area contributed by atoms with E-state index in [1.807, 2.05) is 60.4 Å². The van der Waals surface area contributed by atoms with Gasteiger partial charge in [0.15, 0.2) is 0 Å². The maximum absolute atomic E-state index is 13.2. The summed E-state index contributed by atoms with van der Waals surface area (Å²) in [6.07, 6.45) is 2.97. The molecule has 0 fully saturated rings. The highest BCUT2D eigenvalue weighted by atomic mass is 35.5. The Balaban J connectivity index is 1.83. The Bertz CT molecular complexity index is 930. The van der Waals surface area contributed by atoms with Gasteiger partial charge in [0.2, 0.25) is 0 Å². The van der Waals surface area contributed by atoms with Crippen molar-refractivity contribution in [1.29, 1.82) is 0 Å². The van der Waals surface area contributed by atoms with Crippen molar-refractivity contribution in [2.75, 3.05) is 0 Å². The highest BCUT2D eigenvalue weighted by Crippen LogP contribution is 2.18. The number of halogens is 1. The van der Waals surface area contributed by atoms with Crippen molar-refractivity contribution in [3.8, 4) is 0 Å². The van der Waals surface area contributed by atoms with Gasteiger partial charge in [0.1, 0.15) is 0 Å². The Hall–Kier alpha value is -2.52. The van der Waals surface area contributed by atoms with Gasteiger partial charge >= 0.3 is 0 Å². The molecule has 3 nitrogen and oxygen atoms in total. The molecule has 4 heteroatoms. The van der Waals surface area contributed by atoms with Gasteiger partial charge in [0, 0.05) is 35.1 Å². The van der Waals surface area contributed by atoms with E-state index in [1.54, 1.807) is 0 Å². The van der Waals surface area contributed by atoms with E-state index >= 15 is 0 Å². The van der Waals surface area contributed by atoms with E-state index in [1.165, 1.54) is 0 Å². The fraction of sp³-hybridized carbons (Fsp3) is 0.292. The number of aromatic nitrogens is 1. The summed E-state index contributed by atoms with van der Waals surface area (Å²) in [5.74, 6) is 0.0739. The third-order valence-corrected chi connectivity index (χ3v) is 5.42. The van der Waals surface area contributed by atoms with Gasteiger partial charge in [0.05, 0.1) is 6.54 Å². The largest absolute Gasteiger partial charge is 0.345 e. The average molecular weight is 395 g/mol. The third-order valence-electron chi connectivity index (χ3n) is 5.18. The molecule has 3 aromatic rings. The first kappa shape index (κ1) is 20.2. The van der Waals surface area contributed by atoms with Crippen LogP contribution in [0.25, 0.3) is 0 Å². The van der Waals surface area contributed by atoms with Gasteiger partial charge in [-0.3, -0.25) is 4.79 Å². The Morgan fingerprint density at radius 1 is 1.11 bits per heavy atom. The minimum Gasteiger partial charge on any atom is -0.345 e. The average Bonchev–Trinajstić information content (AvgIpc) is 3.12. The van der Waals surface area contributed by atoms with Crippen molar-refractivity contribution in [1.82, 2.24) is 9.47 Å². The quantitative estimate of drug-likeness (QED) is 0.486. The summed E-state index contributed by atoms with van der Waals surface area (Å²) in [4.78, 5) is 15.2. The number of aryl methyl sites for hydroxylation is 1. The number of hydrogen-bond acceptors (Lipinski definition) is 1. The first-order valence-corrected chi connectivity index (χ1v) is 10.1. The molecule has 1 aromatic heterocycles. The molecule has 0 saturated carbocycles. The number of carbonyl (C=O) groups is 1. The molecule has 0 spiro atoms. The van der Waals surface area contributed by atoms with Gasteiger partial charge in [-0.1, -0.05) is 48.4 Å². The second-order valence-corrected chi connectivity index (χ2v) is 7.75. The predicted octanol–water partition coefficient (Wildman–Crippen LogP) is 5.94. The van der Waals surface area contributed by atoms with E-state index in [9.17, 15) is 4.79 Å². The number of rotatable bonds is 7. The normalized spacial score (nSPS) is 12.0. The fourth-order valence-corrected chi connectivity index (χ4v) is 3.48. The molecule has 0 aliphatic rings. The van der Waals surface area contributed by atoms with Gasteiger partial charge in [0.25, 0.3) is 5.91 Å². The predicted molar refractivity (Wildman–Crippen MR) is 116 cm³/mol. The Morgan fingerprint density at radius 3 is 2.54 bits per heavy atom. The molecule has 146 valence electrons. The van der Waals surface area contributed by atoms with Crippen LogP contribution in [0.15, 0.2) is 66.9 Å². The summed E-state index contributed by atoms with van der Waals surface area (Å²) in [5.41, 5.74) is 4.14. The molecule has 0 aliphatic heterocycles. The minimum atomic E-state index is 0.0739. The monoisotopic (exact) mass is 394 g/mol. The first-order valence-electron chi connectivity index (χ1n) is 9.74. The molecule has 1 amide bonds. The van der Waals surface area contributed by atoms with Crippen molar-refractivity contribution in [2.24, 2.45) is 0 Å². The molecule has 0 saturated heterocycles. The maximum Gasteiger partial charge on any atom is 0.254 e. The van der Waals surface area contributed by atoms with Crippen LogP contribution in [0.3, 0.4) is 0 Å². The first-order chi connectivity index (χ1) is 13.5. The van der Waals surface area contributed by atoms with Crippen LogP contribution in [-0.2, 0) is 13.1 Å². The number of carbonyl (C=O) groups excluding carboxylic acids is 1. The molecule has 1 unspecified atom stereocenters. The lowest BCUT2D eigenvalue weighted by Gasteiger charge is -2.29. The second-order valence-electron chi connectivity index (χ2n) is 7.31. The molecule has 3 rings (SSSR count). The molecular weight excluding hydrogens is 368 g/mol. The molecule has 1 heterocycles. The van der Waals surface area contributed by atoms with Gasteiger partial charge in [-0.25, -0.2) is 0 Å². The van der Waals surface area contributed by atoms with E-state index in [-0.39, 0.29) is 11.9 Å². The zero-order chi connectivity index (χ0) is 20.1. The Morgan fingerprint density at radius 2 is 1.86 bits per heavy atom. The van der Waals surface area contributed by atoms with Gasteiger partial charge < -0.3 is 9.47 Å². The zero-order valence-electron chi connectivity index (χ0n) is 16.7. The topological polar surface area (TPSA) is 25.2 Å². The van der Waals surface area contributed by atoms with Crippen molar-refractivity contribution in [2.45, 2.75) is 46.3 Å². The Labute approximate surface area is 172 Å². The number of benzene rings is 2. The van der Waals surface area contributed by atoms with Crippen molar-refractivity contribution >= 4 is 17.5 Å². The summed E-state index contributed by atoms with van der Waals surface area (Å²) < 4.78 is 2.18. The molecule has 0 aliphatic carbocycles. The van der Waals surface area contributed by atoms with Crippen molar-refractivity contribution < 1.29 is 4.79 Å². The fourth-order valence-electron chi connectivity index (χ4n) is 3.26. The number of nitrogens with zero attached hydrogens (tertiary/aromatic N) is 2. The third kappa shape index (κ3) is 4.85. The minimum absolute atomic E-state index is 0.0739. The van der Waals surface area contributed by atoms with Gasteiger partial charge in [-0.2, -0.15) is 0 Å². The van der Waals surface area contributed by atoms with Crippen LogP contribution in [0, 0.1) is 6.92 Å². The lowest BCUT2D eigenvalue weighted by molar-refractivity contribution is 0.0667. The summed E-state index contributed by atoms with van der Waals surface area (Å²) in [5, 5.41) is 0.738. The molecule has 0 N–H and O–H groups in total. The molecule has 2 aromatic carbocycles. The molecule has 0 bridgehead atoms. The summed E-state index contributed by atoms with van der Waals surface area (Å²) in [6.45, 7) is 7.57. The van der Waals surface area contributed by atoms with E-state index in [2.05, 4.69) is 36.7 Å². The molecular formula is C24H27ClN2O. The number of amides is 1. The van der Waals surface area contributed by atoms with Crippen LogP contribution in [0.5, 0.6) is 0 Å². The molecule has 28 heavy (non-hydrogen) atoms. The Kier molecular flexibility index (Phi) is 6.58. The van der Waals surface area contributed by atoms with Crippen molar-refractivity contribution in [3.05, 3.63) is 94.3 Å². The van der Waals surface area contributed by atoms with Gasteiger partial charge in [-0.05, 0) is 62.2 Å². The van der Waals surface area contributed by atoms with Crippen LogP contribution >= 0.6 is 11.6 Å². The number of hydrogen-bond donors (Lipinski definition) is 0. The van der Waals surface area contributed by atoms with E-state index in [0.29, 0.717) is 6.54 Å². The van der Waals surface area contributed by atoms with Crippen LogP contribution in [0.2, 0.25) is 5.02 Å². The summed E-state index contributed by atoms with van der Waals surface area (Å²) in [7, 11) is 0. The lowest BCUT2D eigenvalue weighted by Crippen LogP contribution is -2.38.